The molecule has 26 heavy (non-hydrogen) atoms. The van der Waals surface area contributed by atoms with Crippen molar-refractivity contribution in [3.8, 4) is 5.75 Å². The molecule has 0 aromatic heterocycles. The summed E-state index contributed by atoms with van der Waals surface area (Å²) in [4.78, 5) is 14.3. The fraction of sp³-hybridized carbons (Fsp3) is 0.381. The second kappa shape index (κ2) is 9.06. The monoisotopic (exact) mass is 372 g/mol. The van der Waals surface area contributed by atoms with Gasteiger partial charge in [0.2, 0.25) is 0 Å². The van der Waals surface area contributed by atoms with Crippen molar-refractivity contribution in [3.63, 3.8) is 0 Å². The van der Waals surface area contributed by atoms with Gasteiger partial charge in [-0.15, -0.1) is 0 Å². The fourth-order valence-electron chi connectivity index (χ4n) is 3.44. The van der Waals surface area contributed by atoms with Crippen molar-refractivity contribution in [1.82, 2.24) is 10.2 Å². The van der Waals surface area contributed by atoms with E-state index >= 15 is 0 Å². The first kappa shape index (κ1) is 18.7. The first-order chi connectivity index (χ1) is 12.6. The maximum absolute atomic E-state index is 11.9. The Morgan fingerprint density at radius 2 is 2.00 bits per heavy atom. The van der Waals surface area contributed by atoms with Gasteiger partial charge in [0.1, 0.15) is 5.75 Å². The molecule has 4 nitrogen and oxygen atoms in total. The first-order valence-corrected chi connectivity index (χ1v) is 9.43. The molecule has 1 aliphatic rings. The molecule has 2 aromatic carbocycles. The second-order valence-corrected chi connectivity index (χ2v) is 7.12. The number of amides is 1. The molecule has 1 amide bonds. The summed E-state index contributed by atoms with van der Waals surface area (Å²) in [5.74, 6) is 1.000. The van der Waals surface area contributed by atoms with Gasteiger partial charge in [-0.3, -0.25) is 4.79 Å². The highest BCUT2D eigenvalue weighted by Gasteiger charge is 2.24. The smallest absolute Gasteiger partial charge is 0.257 e. The lowest BCUT2D eigenvalue weighted by atomic mass is 9.94. The number of nitrogens with one attached hydrogen (secondary N) is 1. The third kappa shape index (κ3) is 4.99. The zero-order valence-electron chi connectivity index (χ0n) is 15.1. The number of nitrogens with zero attached hydrogens (tertiary/aromatic N) is 1. The molecule has 1 N–H and O–H groups in total. The van der Waals surface area contributed by atoms with Gasteiger partial charge < -0.3 is 15.0 Å². The van der Waals surface area contributed by atoms with Gasteiger partial charge in [-0.1, -0.05) is 48.0 Å². The van der Waals surface area contributed by atoms with Crippen LogP contribution in [0.25, 0.3) is 0 Å². The van der Waals surface area contributed by atoms with Gasteiger partial charge in [-0.2, -0.15) is 0 Å². The van der Waals surface area contributed by atoms with Crippen LogP contribution in [0, 0.1) is 6.92 Å². The number of para-hydroxylation sites is 1. The molecule has 0 saturated carbocycles. The Labute approximate surface area is 160 Å². The molecule has 0 bridgehead atoms. The summed E-state index contributed by atoms with van der Waals surface area (Å²) >= 11 is 6.01. The van der Waals surface area contributed by atoms with Crippen LogP contribution in [0.5, 0.6) is 5.75 Å². The van der Waals surface area contributed by atoms with E-state index in [1.54, 1.807) is 12.1 Å². The minimum Gasteiger partial charge on any atom is -0.482 e. The summed E-state index contributed by atoms with van der Waals surface area (Å²) in [6.45, 7) is 5.78. The third-order valence-corrected chi connectivity index (χ3v) is 5.16. The number of carbonyl (C=O) groups excluding carboxylic acids is 1. The van der Waals surface area contributed by atoms with E-state index in [2.05, 4.69) is 41.4 Å². The van der Waals surface area contributed by atoms with E-state index in [0.717, 1.165) is 19.6 Å². The average molecular weight is 373 g/mol. The van der Waals surface area contributed by atoms with Crippen LogP contribution in [-0.4, -0.2) is 43.6 Å². The summed E-state index contributed by atoms with van der Waals surface area (Å²) in [6, 6.07) is 15.8. The highest BCUT2D eigenvalue weighted by atomic mass is 35.5. The summed E-state index contributed by atoms with van der Waals surface area (Å²) in [5.41, 5.74) is 2.82. The number of hydrogen-bond donors (Lipinski definition) is 1. The van der Waals surface area contributed by atoms with Gasteiger partial charge in [0.25, 0.3) is 5.91 Å². The van der Waals surface area contributed by atoms with Gasteiger partial charge >= 0.3 is 0 Å². The highest BCUT2D eigenvalue weighted by Crippen LogP contribution is 2.28. The van der Waals surface area contributed by atoms with Crippen molar-refractivity contribution in [2.24, 2.45) is 0 Å². The molecule has 0 spiro atoms. The topological polar surface area (TPSA) is 41.6 Å². The first-order valence-electron chi connectivity index (χ1n) is 9.05. The molecule has 0 aliphatic carbocycles. The number of benzene rings is 2. The Morgan fingerprint density at radius 1 is 1.23 bits per heavy atom. The molecule has 3 rings (SSSR count). The predicted molar refractivity (Wildman–Crippen MR) is 105 cm³/mol. The Balaban J connectivity index is 1.37. The van der Waals surface area contributed by atoms with Crippen molar-refractivity contribution >= 4 is 17.5 Å². The van der Waals surface area contributed by atoms with E-state index in [0.29, 0.717) is 23.2 Å². The van der Waals surface area contributed by atoms with Crippen LogP contribution in [0.4, 0.5) is 0 Å². The van der Waals surface area contributed by atoms with Crippen molar-refractivity contribution in [2.75, 3.05) is 32.8 Å². The van der Waals surface area contributed by atoms with E-state index in [1.165, 1.54) is 17.5 Å². The Bertz CT molecular complexity index is 750. The van der Waals surface area contributed by atoms with E-state index < -0.39 is 0 Å². The molecule has 138 valence electrons. The van der Waals surface area contributed by atoms with Crippen LogP contribution in [0.15, 0.2) is 48.5 Å². The number of ether oxygens (including phenoxy) is 1. The number of hydrogen-bond acceptors (Lipinski definition) is 3. The number of carbonyl (C=O) groups is 1. The SMILES string of the molecule is Cc1ccccc1C1CCN(CCNC(=O)COc2ccccc2Cl)C1. The lowest BCUT2D eigenvalue weighted by Gasteiger charge is -2.17. The summed E-state index contributed by atoms with van der Waals surface area (Å²) in [7, 11) is 0. The van der Waals surface area contributed by atoms with Crippen molar-refractivity contribution < 1.29 is 9.53 Å². The van der Waals surface area contributed by atoms with E-state index in [1.807, 2.05) is 12.1 Å². The van der Waals surface area contributed by atoms with Crippen LogP contribution >= 0.6 is 11.6 Å². The highest BCUT2D eigenvalue weighted by molar-refractivity contribution is 6.32. The minimum atomic E-state index is -0.125. The molecule has 0 radical (unpaired) electrons. The molecule has 1 saturated heterocycles. The van der Waals surface area contributed by atoms with Gasteiger partial charge in [-0.05, 0) is 49.1 Å². The summed E-state index contributed by atoms with van der Waals surface area (Å²) in [5, 5.41) is 3.43. The van der Waals surface area contributed by atoms with Crippen LogP contribution in [0.1, 0.15) is 23.5 Å². The molecule has 1 aliphatic heterocycles. The van der Waals surface area contributed by atoms with Crippen LogP contribution in [-0.2, 0) is 4.79 Å². The summed E-state index contributed by atoms with van der Waals surface area (Å²) < 4.78 is 5.45. The molecule has 1 heterocycles. The Hall–Kier alpha value is -2.04. The van der Waals surface area contributed by atoms with Gasteiger partial charge in [-0.25, -0.2) is 0 Å². The maximum atomic E-state index is 11.9. The number of aryl methyl sites for hydroxylation is 1. The van der Waals surface area contributed by atoms with E-state index in [-0.39, 0.29) is 12.5 Å². The third-order valence-electron chi connectivity index (χ3n) is 4.85. The quantitative estimate of drug-likeness (QED) is 0.806. The molecular formula is C21H25ClN2O2. The molecule has 1 fully saturated rings. The maximum Gasteiger partial charge on any atom is 0.257 e. The minimum absolute atomic E-state index is 0.0183. The standard InChI is InChI=1S/C21H25ClN2O2/c1-16-6-2-3-7-18(16)17-10-12-24(14-17)13-11-23-21(25)15-26-20-9-5-4-8-19(20)22/h2-9,17H,10-15H2,1H3,(H,23,25). The van der Waals surface area contributed by atoms with E-state index in [9.17, 15) is 4.79 Å². The van der Waals surface area contributed by atoms with Crippen molar-refractivity contribution in [2.45, 2.75) is 19.3 Å². The average Bonchev–Trinajstić information content (AvgIpc) is 3.10. The van der Waals surface area contributed by atoms with Gasteiger partial charge in [0, 0.05) is 19.6 Å². The summed E-state index contributed by atoms with van der Waals surface area (Å²) in [6.07, 6.45) is 1.18. The largest absolute Gasteiger partial charge is 0.482 e. The Morgan fingerprint density at radius 3 is 2.81 bits per heavy atom. The van der Waals surface area contributed by atoms with E-state index in [4.69, 9.17) is 16.3 Å². The van der Waals surface area contributed by atoms with Crippen LogP contribution in [0.2, 0.25) is 5.02 Å². The van der Waals surface area contributed by atoms with Gasteiger partial charge in [0.15, 0.2) is 6.61 Å². The van der Waals surface area contributed by atoms with Crippen molar-refractivity contribution in [1.29, 1.82) is 0 Å². The van der Waals surface area contributed by atoms with Crippen molar-refractivity contribution in [3.05, 3.63) is 64.7 Å². The normalized spacial score (nSPS) is 17.2. The Kier molecular flexibility index (Phi) is 6.53. The molecule has 5 heteroatoms. The molecular weight excluding hydrogens is 348 g/mol. The number of rotatable bonds is 7. The lowest BCUT2D eigenvalue weighted by Crippen LogP contribution is -2.36. The van der Waals surface area contributed by atoms with Crippen LogP contribution < -0.4 is 10.1 Å². The molecule has 1 unspecified atom stereocenters. The number of likely N-dealkylation sites (tertiary alicyclic amines) is 1. The predicted octanol–water partition coefficient (Wildman–Crippen LogP) is 3.63. The molecule has 2 aromatic rings. The second-order valence-electron chi connectivity index (χ2n) is 6.71. The lowest BCUT2D eigenvalue weighted by molar-refractivity contribution is -0.123. The zero-order valence-corrected chi connectivity index (χ0v) is 15.8. The zero-order chi connectivity index (χ0) is 18.4. The molecule has 1 atom stereocenters. The van der Waals surface area contributed by atoms with Gasteiger partial charge in [0.05, 0.1) is 5.02 Å². The fourth-order valence-corrected chi connectivity index (χ4v) is 3.63. The number of halogens is 1. The van der Waals surface area contributed by atoms with Crippen LogP contribution in [0.3, 0.4) is 0 Å².